The molecule has 1 aromatic heterocycles. The Bertz CT molecular complexity index is 1330. The van der Waals surface area contributed by atoms with Gasteiger partial charge >= 0.3 is 0 Å². The van der Waals surface area contributed by atoms with Crippen LogP contribution in [0.25, 0.3) is 0 Å². The number of carbonyl (C=O) groups is 1. The Labute approximate surface area is 185 Å². The van der Waals surface area contributed by atoms with E-state index in [0.29, 0.717) is 5.56 Å². The van der Waals surface area contributed by atoms with Gasteiger partial charge < -0.3 is 14.7 Å². The van der Waals surface area contributed by atoms with Crippen molar-refractivity contribution in [2.24, 2.45) is 0 Å². The fourth-order valence-corrected chi connectivity index (χ4v) is 4.43. The van der Waals surface area contributed by atoms with Crippen LogP contribution in [0.2, 0.25) is 0 Å². The number of halogens is 3. The Morgan fingerprint density at radius 2 is 1.73 bits per heavy atom. The lowest BCUT2D eigenvalue weighted by molar-refractivity contribution is 0.0573. The first kappa shape index (κ1) is 20.9. The summed E-state index contributed by atoms with van der Waals surface area (Å²) in [5.41, 5.74) is -0.272. The maximum absolute atomic E-state index is 14.4. The summed E-state index contributed by atoms with van der Waals surface area (Å²) in [4.78, 5) is 26.5. The molecule has 0 aliphatic carbocycles. The predicted molar refractivity (Wildman–Crippen MR) is 111 cm³/mol. The van der Waals surface area contributed by atoms with Crippen molar-refractivity contribution < 1.29 is 27.8 Å². The second-order valence-corrected chi connectivity index (χ2v) is 7.89. The minimum atomic E-state index is -1.11. The SMILES string of the molecule is CN1C(=O)c2c(O)c(=O)ccn2N2C(c3ccc(F)cc3)c3cc(F)c(F)cc3OCCC12. The van der Waals surface area contributed by atoms with Crippen LogP contribution in [0.5, 0.6) is 11.5 Å². The molecule has 1 amide bonds. The Balaban J connectivity index is 1.84. The number of nitrogens with zero attached hydrogens (tertiary/aromatic N) is 3. The first-order valence-corrected chi connectivity index (χ1v) is 10.2. The summed E-state index contributed by atoms with van der Waals surface area (Å²) in [6.45, 7) is 0.0779. The van der Waals surface area contributed by atoms with Crippen molar-refractivity contribution in [1.29, 1.82) is 0 Å². The molecule has 33 heavy (non-hydrogen) atoms. The number of hydrogen-bond acceptors (Lipinski definition) is 5. The van der Waals surface area contributed by atoms with Gasteiger partial charge in [-0.3, -0.25) is 19.3 Å². The van der Waals surface area contributed by atoms with Crippen LogP contribution in [-0.2, 0) is 0 Å². The van der Waals surface area contributed by atoms with Crippen LogP contribution in [0.3, 0.4) is 0 Å². The van der Waals surface area contributed by atoms with Crippen LogP contribution in [0.1, 0.15) is 34.1 Å². The van der Waals surface area contributed by atoms with Crippen LogP contribution in [-0.4, -0.2) is 40.4 Å². The van der Waals surface area contributed by atoms with Gasteiger partial charge in [-0.15, -0.1) is 0 Å². The Morgan fingerprint density at radius 3 is 2.45 bits per heavy atom. The van der Waals surface area contributed by atoms with Crippen molar-refractivity contribution in [3.63, 3.8) is 0 Å². The van der Waals surface area contributed by atoms with Crippen molar-refractivity contribution >= 4 is 5.91 Å². The summed E-state index contributed by atoms with van der Waals surface area (Å²) >= 11 is 0. The van der Waals surface area contributed by atoms with Crippen molar-refractivity contribution in [3.05, 3.63) is 93.2 Å². The second kappa shape index (κ2) is 7.58. The molecule has 2 aliphatic rings. The van der Waals surface area contributed by atoms with E-state index in [4.69, 9.17) is 4.74 Å². The first-order valence-electron chi connectivity index (χ1n) is 10.2. The molecule has 0 saturated heterocycles. The molecule has 2 aromatic carbocycles. The molecule has 2 aliphatic heterocycles. The molecule has 2 atom stereocenters. The highest BCUT2D eigenvalue weighted by molar-refractivity contribution is 5.96. The number of fused-ring (bicyclic) bond motifs is 4. The molecule has 7 nitrogen and oxygen atoms in total. The van der Waals surface area contributed by atoms with Crippen molar-refractivity contribution in [2.45, 2.75) is 18.6 Å². The summed E-state index contributed by atoms with van der Waals surface area (Å²) in [7, 11) is 1.51. The lowest BCUT2D eigenvalue weighted by Gasteiger charge is -2.49. The van der Waals surface area contributed by atoms with E-state index in [0.717, 1.165) is 18.2 Å². The number of benzene rings is 2. The summed E-state index contributed by atoms with van der Waals surface area (Å²) in [6.07, 6.45) is 0.960. The first-order chi connectivity index (χ1) is 15.8. The summed E-state index contributed by atoms with van der Waals surface area (Å²) < 4.78 is 49.3. The molecule has 0 radical (unpaired) electrons. The summed E-state index contributed by atoms with van der Waals surface area (Å²) in [5, 5.41) is 12.1. The second-order valence-electron chi connectivity index (χ2n) is 7.89. The van der Waals surface area contributed by atoms with E-state index in [2.05, 4.69) is 0 Å². The van der Waals surface area contributed by atoms with Crippen molar-refractivity contribution in [1.82, 2.24) is 9.58 Å². The van der Waals surface area contributed by atoms with E-state index in [1.807, 2.05) is 0 Å². The van der Waals surface area contributed by atoms with E-state index in [-0.39, 0.29) is 30.0 Å². The van der Waals surface area contributed by atoms with Gasteiger partial charge in [0.2, 0.25) is 5.43 Å². The number of aromatic nitrogens is 1. The largest absolute Gasteiger partial charge is 0.502 e. The monoisotopic (exact) mass is 457 g/mol. The van der Waals surface area contributed by atoms with E-state index in [1.165, 1.54) is 47.1 Å². The number of carbonyl (C=O) groups excluding carboxylic acids is 1. The molecule has 5 rings (SSSR count). The van der Waals surface area contributed by atoms with Crippen LogP contribution in [0.15, 0.2) is 53.5 Å². The fraction of sp³-hybridized carbons (Fsp3) is 0.217. The summed E-state index contributed by atoms with van der Waals surface area (Å²) in [6, 6.07) is 7.60. The van der Waals surface area contributed by atoms with Gasteiger partial charge in [-0.2, -0.15) is 0 Å². The van der Waals surface area contributed by atoms with Crippen LogP contribution < -0.4 is 15.2 Å². The molecule has 3 aromatic rings. The lowest BCUT2D eigenvalue weighted by Crippen LogP contribution is -2.62. The molecule has 170 valence electrons. The Hall–Kier alpha value is -3.95. The van der Waals surface area contributed by atoms with Crippen molar-refractivity contribution in [2.75, 3.05) is 18.7 Å². The normalized spacial score (nSPS) is 19.7. The third-order valence-corrected chi connectivity index (χ3v) is 6.01. The molecular formula is C23H18F3N3O4. The average Bonchev–Trinajstić information content (AvgIpc) is 2.78. The number of rotatable bonds is 1. The fourth-order valence-electron chi connectivity index (χ4n) is 4.43. The molecular weight excluding hydrogens is 439 g/mol. The molecule has 0 spiro atoms. The zero-order chi connectivity index (χ0) is 23.4. The van der Waals surface area contributed by atoms with Gasteiger partial charge in [-0.1, -0.05) is 12.1 Å². The lowest BCUT2D eigenvalue weighted by atomic mass is 9.94. The van der Waals surface area contributed by atoms with Crippen LogP contribution in [0.4, 0.5) is 13.2 Å². The van der Waals surface area contributed by atoms with Gasteiger partial charge in [0.15, 0.2) is 23.1 Å². The Kier molecular flexibility index (Phi) is 4.80. The smallest absolute Gasteiger partial charge is 0.277 e. The average molecular weight is 457 g/mol. The highest BCUT2D eigenvalue weighted by Crippen LogP contribution is 2.41. The highest BCUT2D eigenvalue weighted by atomic mass is 19.2. The van der Waals surface area contributed by atoms with Gasteiger partial charge in [-0.05, 0) is 23.8 Å². The maximum atomic E-state index is 14.4. The zero-order valence-electron chi connectivity index (χ0n) is 17.3. The standard InChI is InChI=1S/C23H18F3N3O4/c1-27-19-7-9-33-18-11-16(26)15(25)10-14(18)20(12-2-4-13(24)5-3-12)29(19)28-8-6-17(30)22(31)21(28)23(27)32/h2-6,8,10-11,19-20,31H,7,9H2,1H3. The number of ether oxygens (including phenoxy) is 1. The Morgan fingerprint density at radius 1 is 1.03 bits per heavy atom. The molecule has 0 saturated carbocycles. The number of hydrogen-bond donors (Lipinski definition) is 1. The number of amides is 1. The van der Waals surface area contributed by atoms with Crippen LogP contribution >= 0.6 is 0 Å². The van der Waals surface area contributed by atoms with E-state index in [9.17, 15) is 27.9 Å². The van der Waals surface area contributed by atoms with Crippen molar-refractivity contribution in [3.8, 4) is 11.5 Å². The number of aromatic hydroxyl groups is 1. The van der Waals surface area contributed by atoms with E-state index >= 15 is 0 Å². The quantitative estimate of drug-likeness (QED) is 0.609. The maximum Gasteiger partial charge on any atom is 0.277 e. The summed E-state index contributed by atoms with van der Waals surface area (Å²) in [5.74, 6) is -3.91. The van der Waals surface area contributed by atoms with Gasteiger partial charge in [0.25, 0.3) is 5.91 Å². The molecule has 3 heterocycles. The van der Waals surface area contributed by atoms with Crippen LogP contribution in [0, 0.1) is 17.5 Å². The molecule has 10 heteroatoms. The van der Waals surface area contributed by atoms with Gasteiger partial charge in [0.05, 0.1) is 6.61 Å². The minimum absolute atomic E-state index is 0.0779. The number of pyridine rings is 1. The minimum Gasteiger partial charge on any atom is -0.502 e. The van der Waals surface area contributed by atoms with Gasteiger partial charge in [0, 0.05) is 37.4 Å². The highest BCUT2D eigenvalue weighted by Gasteiger charge is 2.43. The topological polar surface area (TPSA) is 75.0 Å². The molecule has 1 N–H and O–H groups in total. The molecule has 0 bridgehead atoms. The molecule has 0 fully saturated rings. The molecule has 2 unspecified atom stereocenters. The van der Waals surface area contributed by atoms with E-state index < -0.39 is 46.7 Å². The van der Waals surface area contributed by atoms with Gasteiger partial charge in [-0.25, -0.2) is 13.2 Å². The van der Waals surface area contributed by atoms with E-state index in [1.54, 1.807) is 5.01 Å². The third kappa shape index (κ3) is 3.21. The third-order valence-electron chi connectivity index (χ3n) is 6.01. The van der Waals surface area contributed by atoms with Gasteiger partial charge in [0.1, 0.15) is 23.8 Å². The zero-order valence-corrected chi connectivity index (χ0v) is 17.3. The predicted octanol–water partition coefficient (Wildman–Crippen LogP) is 2.89.